The number of amides is 3. The zero-order valence-corrected chi connectivity index (χ0v) is 22.9. The molecule has 1 rings (SSSR count). The van der Waals surface area contributed by atoms with Gasteiger partial charge in [-0.1, -0.05) is 46.1 Å². The minimum Gasteiger partial charge on any atom is -0.445 e. The van der Waals surface area contributed by atoms with Crippen LogP contribution in [0.15, 0.2) is 25.3 Å². The first kappa shape index (κ1) is 30.4. The quantitative estimate of drug-likeness (QED) is 0.185. The maximum absolute atomic E-state index is 13.0. The molecule has 0 saturated carbocycles. The Hall–Kier alpha value is -2.66. The maximum atomic E-state index is 13.0. The van der Waals surface area contributed by atoms with Gasteiger partial charge in [0, 0.05) is 19.4 Å². The molecule has 0 aromatic rings. The summed E-state index contributed by atoms with van der Waals surface area (Å²) in [7, 11) is -1.49. The molecule has 1 saturated heterocycles. The summed E-state index contributed by atoms with van der Waals surface area (Å²) in [4.78, 5) is 49.4. The van der Waals surface area contributed by atoms with Gasteiger partial charge in [-0.05, 0) is 25.4 Å². The lowest BCUT2D eigenvalue weighted by molar-refractivity contribution is -0.160. The molecule has 1 aliphatic heterocycles. The van der Waals surface area contributed by atoms with Gasteiger partial charge < -0.3 is 29.9 Å². The standard InChI is InChI=1S/C24H41N3O7Si/c1-9-11-32-21(30)25-15-16(26-22(31)33-12-10-2)13-17(28)14-18-19(20(29)27-18)24(6,23(3,4)5)34-35(7)8/h9-10,16,18-19,35H,1-2,11-15H2,3-8H3,(H,25,30)(H,26,31)(H,27,29)/t16-,18-,19-,24-/m1/s1. The first-order chi connectivity index (χ1) is 16.2. The second-order valence-corrected chi connectivity index (χ2v) is 12.4. The summed E-state index contributed by atoms with van der Waals surface area (Å²) in [5.74, 6) is -0.796. The number of alkyl carbamates (subject to hydrolysis) is 2. The number of carbonyl (C=O) groups is 4. The molecule has 1 aliphatic rings. The van der Waals surface area contributed by atoms with E-state index in [1.165, 1.54) is 12.2 Å². The van der Waals surface area contributed by atoms with Crippen LogP contribution in [0.5, 0.6) is 0 Å². The van der Waals surface area contributed by atoms with Crippen molar-refractivity contribution < 1.29 is 33.1 Å². The van der Waals surface area contributed by atoms with Crippen LogP contribution in [0.3, 0.4) is 0 Å². The van der Waals surface area contributed by atoms with E-state index < -0.39 is 38.8 Å². The molecule has 1 heterocycles. The van der Waals surface area contributed by atoms with Gasteiger partial charge in [-0.2, -0.15) is 0 Å². The highest BCUT2D eigenvalue weighted by Crippen LogP contribution is 2.45. The number of nitrogens with one attached hydrogen (secondary N) is 3. The van der Waals surface area contributed by atoms with Crippen LogP contribution < -0.4 is 16.0 Å². The summed E-state index contributed by atoms with van der Waals surface area (Å²) in [5.41, 5.74) is -1.06. The van der Waals surface area contributed by atoms with E-state index >= 15 is 0 Å². The SMILES string of the molecule is C=CCOC(=O)NC[C@@H](CC(=O)C[C@H]1NC(=O)[C@@H]1[C@@](C)(O[SiH](C)C)C(C)(C)C)NC(=O)OCC=C. The Kier molecular flexibility index (Phi) is 11.7. The lowest BCUT2D eigenvalue weighted by atomic mass is 9.63. The average molecular weight is 512 g/mol. The summed E-state index contributed by atoms with van der Waals surface area (Å²) >= 11 is 0. The Bertz CT molecular complexity index is 796. The minimum absolute atomic E-state index is 0.00163. The van der Waals surface area contributed by atoms with Crippen molar-refractivity contribution in [2.45, 2.75) is 71.3 Å². The molecule has 0 aromatic carbocycles. The van der Waals surface area contributed by atoms with Crippen LogP contribution in [0, 0.1) is 11.3 Å². The van der Waals surface area contributed by atoms with Crippen molar-refractivity contribution in [3.63, 3.8) is 0 Å². The number of β-lactam (4-membered cyclic amide) rings is 1. The average Bonchev–Trinajstić information content (AvgIpc) is 2.72. The molecule has 4 atom stereocenters. The van der Waals surface area contributed by atoms with Crippen LogP contribution in [-0.4, -0.2) is 70.4 Å². The summed E-state index contributed by atoms with van der Waals surface area (Å²) in [5, 5.41) is 7.93. The van der Waals surface area contributed by atoms with Crippen molar-refractivity contribution in [2.24, 2.45) is 11.3 Å². The van der Waals surface area contributed by atoms with E-state index in [-0.39, 0.29) is 55.7 Å². The smallest absolute Gasteiger partial charge is 0.407 e. The molecule has 0 aliphatic carbocycles. The zero-order chi connectivity index (χ0) is 26.8. The molecule has 0 spiro atoms. The Morgan fingerprint density at radius 1 is 1.09 bits per heavy atom. The summed E-state index contributed by atoms with van der Waals surface area (Å²) in [6.45, 7) is 19.1. The number of ether oxygens (including phenoxy) is 2. The van der Waals surface area contributed by atoms with Crippen molar-refractivity contribution in [3.8, 4) is 0 Å². The van der Waals surface area contributed by atoms with E-state index in [1.54, 1.807) is 0 Å². The minimum atomic E-state index is -1.49. The van der Waals surface area contributed by atoms with Gasteiger partial charge in [0.25, 0.3) is 0 Å². The topological polar surface area (TPSA) is 132 Å². The third kappa shape index (κ3) is 9.13. The molecule has 1 fully saturated rings. The molecule has 3 N–H and O–H groups in total. The predicted molar refractivity (Wildman–Crippen MR) is 136 cm³/mol. The van der Waals surface area contributed by atoms with Gasteiger partial charge in [0.05, 0.1) is 23.6 Å². The number of Topliss-reactive ketones (excluding diaryl/α,β-unsaturated/α-hetero) is 1. The highest BCUT2D eigenvalue weighted by Gasteiger charge is 2.57. The van der Waals surface area contributed by atoms with Crippen molar-refractivity contribution in [1.29, 1.82) is 0 Å². The largest absolute Gasteiger partial charge is 0.445 e. The third-order valence-electron chi connectivity index (χ3n) is 5.98. The lowest BCUT2D eigenvalue weighted by Gasteiger charge is -2.54. The molecule has 10 nitrogen and oxygen atoms in total. The number of hydrogen-bond donors (Lipinski definition) is 3. The Balaban J connectivity index is 2.88. The number of hydrogen-bond acceptors (Lipinski definition) is 7. The van der Waals surface area contributed by atoms with Crippen LogP contribution in [0.1, 0.15) is 40.5 Å². The van der Waals surface area contributed by atoms with E-state index in [0.717, 1.165) is 0 Å². The van der Waals surface area contributed by atoms with Gasteiger partial charge in [-0.15, -0.1) is 0 Å². The van der Waals surface area contributed by atoms with Gasteiger partial charge in [0.2, 0.25) is 5.91 Å². The fraction of sp³-hybridized carbons (Fsp3) is 0.667. The number of rotatable bonds is 14. The van der Waals surface area contributed by atoms with Crippen LogP contribution >= 0.6 is 0 Å². The van der Waals surface area contributed by atoms with E-state index in [1.807, 2.05) is 27.7 Å². The molecule has 198 valence electrons. The third-order valence-corrected chi connectivity index (χ3v) is 6.94. The van der Waals surface area contributed by atoms with Crippen LogP contribution in [0.25, 0.3) is 0 Å². The molecule has 0 unspecified atom stereocenters. The van der Waals surface area contributed by atoms with E-state index in [0.29, 0.717) is 0 Å². The Morgan fingerprint density at radius 3 is 2.14 bits per heavy atom. The van der Waals surface area contributed by atoms with Crippen molar-refractivity contribution >= 4 is 32.9 Å². The van der Waals surface area contributed by atoms with E-state index in [4.69, 9.17) is 13.9 Å². The van der Waals surface area contributed by atoms with Crippen LogP contribution in [0.2, 0.25) is 13.1 Å². The van der Waals surface area contributed by atoms with Crippen molar-refractivity contribution in [3.05, 3.63) is 25.3 Å². The molecule has 11 heteroatoms. The molecule has 0 bridgehead atoms. The van der Waals surface area contributed by atoms with Gasteiger partial charge in [0.1, 0.15) is 19.0 Å². The molecule has 0 radical (unpaired) electrons. The van der Waals surface area contributed by atoms with Crippen LogP contribution in [-0.2, 0) is 23.5 Å². The Labute approximate surface area is 209 Å². The van der Waals surface area contributed by atoms with Gasteiger partial charge in [0.15, 0.2) is 9.04 Å². The lowest BCUT2D eigenvalue weighted by Crippen LogP contribution is -2.70. The highest BCUT2D eigenvalue weighted by atomic mass is 28.3. The first-order valence-electron chi connectivity index (χ1n) is 11.8. The maximum Gasteiger partial charge on any atom is 0.407 e. The van der Waals surface area contributed by atoms with Crippen molar-refractivity contribution in [2.75, 3.05) is 19.8 Å². The number of ketones is 1. The van der Waals surface area contributed by atoms with Gasteiger partial charge in [-0.25, -0.2) is 9.59 Å². The second-order valence-electron chi connectivity index (χ2n) is 10.1. The van der Waals surface area contributed by atoms with Crippen molar-refractivity contribution in [1.82, 2.24) is 16.0 Å². The molecule has 35 heavy (non-hydrogen) atoms. The summed E-state index contributed by atoms with van der Waals surface area (Å²) in [6.07, 6.45) is 1.40. The molecule has 3 amide bonds. The summed E-state index contributed by atoms with van der Waals surface area (Å²) in [6, 6.07) is -1.12. The molecular formula is C24H41N3O7Si. The normalized spacial score (nSPS) is 19.9. The van der Waals surface area contributed by atoms with Crippen LogP contribution in [0.4, 0.5) is 9.59 Å². The fourth-order valence-corrected chi connectivity index (χ4v) is 5.44. The van der Waals surface area contributed by atoms with Gasteiger partial charge in [-0.3, -0.25) is 9.59 Å². The predicted octanol–water partition coefficient (Wildman–Crippen LogP) is 2.45. The number of carbonyl (C=O) groups excluding carboxylic acids is 4. The fourth-order valence-electron chi connectivity index (χ4n) is 3.96. The van der Waals surface area contributed by atoms with E-state index in [2.05, 4.69) is 42.2 Å². The molecular weight excluding hydrogens is 470 g/mol. The Morgan fingerprint density at radius 2 is 1.66 bits per heavy atom. The monoisotopic (exact) mass is 511 g/mol. The zero-order valence-electron chi connectivity index (χ0n) is 21.8. The van der Waals surface area contributed by atoms with Gasteiger partial charge >= 0.3 is 12.2 Å². The van der Waals surface area contributed by atoms with E-state index in [9.17, 15) is 19.2 Å². The summed E-state index contributed by atoms with van der Waals surface area (Å²) < 4.78 is 16.2. The highest BCUT2D eigenvalue weighted by molar-refractivity contribution is 6.48. The first-order valence-corrected chi connectivity index (χ1v) is 14.6. The second kappa shape index (κ2) is 13.4. The molecule has 0 aromatic heterocycles.